The number of benzene rings is 1. The molecule has 136 valence electrons. The number of carbonyl (C=O) groups is 1. The summed E-state index contributed by atoms with van der Waals surface area (Å²) in [4.78, 5) is 26.8. The second kappa shape index (κ2) is 6.57. The van der Waals surface area contributed by atoms with E-state index in [4.69, 9.17) is 4.74 Å². The highest BCUT2D eigenvalue weighted by molar-refractivity contribution is 6.05. The van der Waals surface area contributed by atoms with Crippen LogP contribution in [-0.4, -0.2) is 41.4 Å². The van der Waals surface area contributed by atoms with Crippen molar-refractivity contribution < 1.29 is 9.53 Å². The Labute approximate surface area is 151 Å². The zero-order valence-corrected chi connectivity index (χ0v) is 14.9. The number of H-pyrrole nitrogens is 1. The van der Waals surface area contributed by atoms with Crippen molar-refractivity contribution in [3.63, 3.8) is 0 Å². The third-order valence-electron chi connectivity index (χ3n) is 5.23. The van der Waals surface area contributed by atoms with Gasteiger partial charge in [-0.15, -0.1) is 0 Å². The molecule has 4 rings (SSSR count). The number of anilines is 2. The summed E-state index contributed by atoms with van der Waals surface area (Å²) in [5.74, 6) is -0.425. The third-order valence-corrected chi connectivity index (χ3v) is 5.23. The molecule has 2 aliphatic rings. The normalized spacial score (nSPS) is 21.7. The van der Waals surface area contributed by atoms with Gasteiger partial charge in [0, 0.05) is 24.5 Å². The Balaban J connectivity index is 1.49. The lowest BCUT2D eigenvalue weighted by Gasteiger charge is -2.33. The number of hydrogen-bond donors (Lipinski definition) is 2. The Morgan fingerprint density at radius 3 is 2.50 bits per heavy atom. The number of nitrogens with one attached hydrogen (secondary N) is 2. The fourth-order valence-corrected chi connectivity index (χ4v) is 3.67. The molecule has 2 unspecified atom stereocenters. The Kier molecular flexibility index (Phi) is 4.24. The molecule has 2 aliphatic heterocycles. The van der Waals surface area contributed by atoms with Gasteiger partial charge in [-0.2, -0.15) is 5.10 Å². The van der Waals surface area contributed by atoms with E-state index in [1.54, 1.807) is 13.8 Å². The fourth-order valence-electron chi connectivity index (χ4n) is 3.67. The summed E-state index contributed by atoms with van der Waals surface area (Å²) in [7, 11) is 0. The second-order valence-corrected chi connectivity index (χ2v) is 7.00. The molecule has 0 saturated carbocycles. The van der Waals surface area contributed by atoms with E-state index in [2.05, 4.69) is 20.4 Å². The zero-order valence-electron chi connectivity index (χ0n) is 14.9. The summed E-state index contributed by atoms with van der Waals surface area (Å²) >= 11 is 0. The Bertz CT molecular complexity index is 879. The highest BCUT2D eigenvalue weighted by Gasteiger charge is 2.33. The molecule has 0 aliphatic carbocycles. The Morgan fingerprint density at radius 1 is 1.19 bits per heavy atom. The summed E-state index contributed by atoms with van der Waals surface area (Å²) in [6.45, 7) is 5.30. The number of amides is 1. The van der Waals surface area contributed by atoms with Crippen LogP contribution in [0.4, 0.5) is 11.4 Å². The maximum Gasteiger partial charge on any atom is 0.277 e. The quantitative estimate of drug-likeness (QED) is 0.880. The van der Waals surface area contributed by atoms with Gasteiger partial charge in [-0.05, 0) is 56.5 Å². The summed E-state index contributed by atoms with van der Waals surface area (Å²) in [6.07, 6.45) is 2.93. The van der Waals surface area contributed by atoms with Crippen molar-refractivity contribution in [3.05, 3.63) is 51.4 Å². The van der Waals surface area contributed by atoms with Gasteiger partial charge in [0.1, 0.15) is 5.56 Å². The molecule has 2 N–H and O–H groups in total. The number of morpholine rings is 1. The lowest BCUT2D eigenvalue weighted by molar-refractivity contribution is 0.0305. The van der Waals surface area contributed by atoms with E-state index in [1.165, 1.54) is 0 Å². The van der Waals surface area contributed by atoms with E-state index >= 15 is 0 Å². The van der Waals surface area contributed by atoms with Crippen LogP contribution in [0.15, 0.2) is 29.1 Å². The highest BCUT2D eigenvalue weighted by Crippen LogP contribution is 2.30. The van der Waals surface area contributed by atoms with E-state index in [-0.39, 0.29) is 5.56 Å². The molecule has 0 radical (unpaired) electrons. The fraction of sp³-hybridized carbons (Fsp3) is 0.421. The molecular formula is C19H22N4O3. The lowest BCUT2D eigenvalue weighted by atomic mass is 10.1. The van der Waals surface area contributed by atoms with Crippen LogP contribution in [-0.2, 0) is 4.74 Å². The molecule has 3 heterocycles. The van der Waals surface area contributed by atoms with Crippen molar-refractivity contribution in [1.82, 2.24) is 10.2 Å². The van der Waals surface area contributed by atoms with Gasteiger partial charge in [-0.25, -0.2) is 5.10 Å². The molecule has 7 heteroatoms. The summed E-state index contributed by atoms with van der Waals surface area (Å²) in [5.41, 5.74) is 2.62. The SMILES string of the molecule is Cc1n[nH]c(=O)c(C(=O)Nc2ccc(N3CC4CCC(C3)O4)cc2)c1C. The zero-order chi connectivity index (χ0) is 18.3. The van der Waals surface area contributed by atoms with Crippen LogP contribution in [0.25, 0.3) is 0 Å². The Morgan fingerprint density at radius 2 is 1.85 bits per heavy atom. The van der Waals surface area contributed by atoms with Gasteiger partial charge in [0.2, 0.25) is 0 Å². The lowest BCUT2D eigenvalue weighted by Crippen LogP contribution is -2.42. The van der Waals surface area contributed by atoms with Crippen molar-refractivity contribution in [2.45, 2.75) is 38.9 Å². The number of aromatic nitrogens is 2. The van der Waals surface area contributed by atoms with Crippen LogP contribution < -0.4 is 15.8 Å². The summed E-state index contributed by atoms with van der Waals surface area (Å²) in [5, 5.41) is 9.03. The molecule has 2 atom stereocenters. The van der Waals surface area contributed by atoms with Gasteiger partial charge in [0.15, 0.2) is 0 Å². The van der Waals surface area contributed by atoms with Crippen LogP contribution in [0.1, 0.15) is 34.5 Å². The number of fused-ring (bicyclic) bond motifs is 2. The van der Waals surface area contributed by atoms with E-state index in [1.807, 2.05) is 24.3 Å². The first-order valence-corrected chi connectivity index (χ1v) is 8.89. The molecule has 1 aromatic heterocycles. The van der Waals surface area contributed by atoms with Crippen LogP contribution in [0, 0.1) is 13.8 Å². The molecule has 2 saturated heterocycles. The predicted molar refractivity (Wildman–Crippen MR) is 98.8 cm³/mol. The molecular weight excluding hydrogens is 332 g/mol. The topological polar surface area (TPSA) is 87.3 Å². The monoisotopic (exact) mass is 354 g/mol. The van der Waals surface area contributed by atoms with Gasteiger partial charge in [0.25, 0.3) is 11.5 Å². The minimum atomic E-state index is -0.481. The summed E-state index contributed by atoms with van der Waals surface area (Å²) in [6, 6.07) is 7.72. The third kappa shape index (κ3) is 3.10. The molecule has 0 spiro atoms. The number of carbonyl (C=O) groups excluding carboxylic acids is 1. The van der Waals surface area contributed by atoms with Crippen molar-refractivity contribution in [3.8, 4) is 0 Å². The first-order valence-electron chi connectivity index (χ1n) is 8.89. The highest BCUT2D eigenvalue weighted by atomic mass is 16.5. The van der Waals surface area contributed by atoms with Gasteiger partial charge >= 0.3 is 0 Å². The minimum Gasteiger partial charge on any atom is -0.371 e. The minimum absolute atomic E-state index is 0.103. The first-order chi connectivity index (χ1) is 12.5. The van der Waals surface area contributed by atoms with Crippen LogP contribution >= 0.6 is 0 Å². The number of rotatable bonds is 3. The summed E-state index contributed by atoms with van der Waals surface area (Å²) < 4.78 is 5.87. The van der Waals surface area contributed by atoms with Crippen LogP contribution in [0.5, 0.6) is 0 Å². The Hall–Kier alpha value is -2.67. The van der Waals surface area contributed by atoms with Gasteiger partial charge < -0.3 is 15.0 Å². The van der Waals surface area contributed by atoms with Gasteiger partial charge in [0.05, 0.1) is 17.9 Å². The van der Waals surface area contributed by atoms with Crippen molar-refractivity contribution in [1.29, 1.82) is 0 Å². The van der Waals surface area contributed by atoms with E-state index < -0.39 is 11.5 Å². The molecule has 2 bridgehead atoms. The van der Waals surface area contributed by atoms with Gasteiger partial charge in [-0.3, -0.25) is 9.59 Å². The number of ether oxygens (including phenoxy) is 1. The molecule has 2 aromatic rings. The van der Waals surface area contributed by atoms with Gasteiger partial charge in [-0.1, -0.05) is 0 Å². The van der Waals surface area contributed by atoms with E-state index in [9.17, 15) is 9.59 Å². The number of aromatic amines is 1. The smallest absolute Gasteiger partial charge is 0.277 e. The molecule has 2 fully saturated rings. The second-order valence-electron chi connectivity index (χ2n) is 7.00. The first kappa shape index (κ1) is 16.8. The average Bonchev–Trinajstić information content (AvgIpc) is 2.97. The number of nitrogens with zero attached hydrogens (tertiary/aromatic N) is 2. The van der Waals surface area contributed by atoms with Crippen LogP contribution in [0.2, 0.25) is 0 Å². The largest absolute Gasteiger partial charge is 0.371 e. The standard InChI is InChI=1S/C19H22N4O3/c1-11-12(2)21-22-19(25)17(11)18(24)20-13-3-5-14(6-4-13)23-9-15-7-8-16(10-23)26-15/h3-6,15-16H,7-10H2,1-2H3,(H,20,24)(H,22,25). The predicted octanol–water partition coefficient (Wildman–Crippen LogP) is 2.01. The molecule has 7 nitrogen and oxygen atoms in total. The molecule has 26 heavy (non-hydrogen) atoms. The molecule has 1 aromatic carbocycles. The average molecular weight is 354 g/mol. The van der Waals surface area contributed by atoms with Crippen LogP contribution in [0.3, 0.4) is 0 Å². The molecule has 1 amide bonds. The van der Waals surface area contributed by atoms with Crippen molar-refractivity contribution in [2.24, 2.45) is 0 Å². The van der Waals surface area contributed by atoms with E-state index in [0.717, 1.165) is 31.6 Å². The number of aryl methyl sites for hydroxylation is 1. The maximum atomic E-state index is 12.5. The maximum absolute atomic E-state index is 12.5. The van der Waals surface area contributed by atoms with Crippen molar-refractivity contribution >= 4 is 17.3 Å². The number of hydrogen-bond acceptors (Lipinski definition) is 5. The van der Waals surface area contributed by atoms with E-state index in [0.29, 0.717) is 29.2 Å². The van der Waals surface area contributed by atoms with Crippen molar-refractivity contribution in [2.75, 3.05) is 23.3 Å².